The average molecular weight is 561 g/mol. The molecule has 3 heterocycles. The van der Waals surface area contributed by atoms with Gasteiger partial charge < -0.3 is 10.1 Å². The maximum absolute atomic E-state index is 13.7. The summed E-state index contributed by atoms with van der Waals surface area (Å²) in [4.78, 5) is 45.0. The second kappa shape index (κ2) is 11.1. The Bertz CT molecular complexity index is 2060. The molecule has 10 heteroatoms. The number of amides is 1. The van der Waals surface area contributed by atoms with Crippen LogP contribution in [-0.4, -0.2) is 24.7 Å². The summed E-state index contributed by atoms with van der Waals surface area (Å²) in [6.45, 7) is 7.33. The second-order valence-corrected chi connectivity index (χ2v) is 9.95. The van der Waals surface area contributed by atoms with Crippen LogP contribution in [0.4, 0.5) is 5.69 Å². The van der Waals surface area contributed by atoms with Crippen LogP contribution >= 0.6 is 0 Å². The number of nitrogens with one attached hydrogen (secondary N) is 1. The average Bonchev–Trinajstić information content (AvgIpc) is 3.18. The molecular weight excluding hydrogens is 532 g/mol. The van der Waals surface area contributed by atoms with Crippen LogP contribution in [0.2, 0.25) is 0 Å². The van der Waals surface area contributed by atoms with Crippen molar-refractivity contribution in [2.24, 2.45) is 7.05 Å². The number of anilines is 1. The van der Waals surface area contributed by atoms with Gasteiger partial charge in [-0.25, -0.2) is 4.68 Å². The fourth-order valence-corrected chi connectivity index (χ4v) is 4.70. The molecule has 2 aromatic carbocycles. The monoisotopic (exact) mass is 560 g/mol. The van der Waals surface area contributed by atoms with E-state index in [2.05, 4.69) is 10.3 Å². The molecule has 0 fully saturated rings. The number of hydrogen-bond acceptors (Lipinski definition) is 6. The number of ether oxygens (including phenoxy) is 1. The Kier molecular flexibility index (Phi) is 7.34. The Labute approximate surface area is 241 Å². The van der Waals surface area contributed by atoms with Gasteiger partial charge in [0.15, 0.2) is 0 Å². The van der Waals surface area contributed by atoms with Crippen LogP contribution in [0.15, 0.2) is 82.0 Å². The molecule has 0 aliphatic heterocycles. The lowest BCUT2D eigenvalue weighted by molar-refractivity contribution is -0.112. The number of pyridine rings is 1. The number of hydrogen-bond donors (Lipinski definition) is 1. The minimum atomic E-state index is -0.852. The van der Waals surface area contributed by atoms with Crippen molar-refractivity contribution in [1.29, 1.82) is 5.26 Å². The van der Waals surface area contributed by atoms with Gasteiger partial charge in [-0.15, -0.1) is 0 Å². The Morgan fingerprint density at radius 1 is 0.976 bits per heavy atom. The number of carbonyl (C=O) groups excluding carboxylic acids is 1. The molecule has 3 aromatic heterocycles. The summed E-state index contributed by atoms with van der Waals surface area (Å²) in [7, 11) is 1.70. The molecule has 1 amide bonds. The van der Waals surface area contributed by atoms with Crippen molar-refractivity contribution in [3.63, 3.8) is 0 Å². The van der Waals surface area contributed by atoms with Gasteiger partial charge in [0.25, 0.3) is 17.0 Å². The normalized spacial score (nSPS) is 11.4. The molecule has 0 aliphatic carbocycles. The molecule has 0 saturated carbocycles. The van der Waals surface area contributed by atoms with Gasteiger partial charge in [0.05, 0.1) is 11.4 Å². The van der Waals surface area contributed by atoms with Crippen molar-refractivity contribution in [3.8, 4) is 23.4 Å². The minimum absolute atomic E-state index is 0.0169. The van der Waals surface area contributed by atoms with Gasteiger partial charge in [0.2, 0.25) is 5.88 Å². The molecule has 0 unspecified atom stereocenters. The summed E-state index contributed by atoms with van der Waals surface area (Å²) in [5, 5.41) is 12.6. The van der Waals surface area contributed by atoms with E-state index in [0.29, 0.717) is 22.8 Å². The van der Waals surface area contributed by atoms with E-state index in [4.69, 9.17) is 4.74 Å². The molecule has 5 aromatic rings. The zero-order chi connectivity index (χ0) is 30.1. The third-order valence-corrected chi connectivity index (χ3v) is 7.03. The highest BCUT2D eigenvalue weighted by Gasteiger charge is 2.22. The van der Waals surface area contributed by atoms with Crippen LogP contribution in [-0.2, 0) is 11.8 Å². The number of para-hydroxylation sites is 1. The molecule has 0 radical (unpaired) electrons. The van der Waals surface area contributed by atoms with Crippen LogP contribution in [0.25, 0.3) is 17.4 Å². The molecule has 10 nitrogen and oxygen atoms in total. The molecule has 0 bridgehead atoms. The topological polar surface area (TPSA) is 123 Å². The van der Waals surface area contributed by atoms with Gasteiger partial charge >= 0.3 is 0 Å². The number of benzene rings is 2. The van der Waals surface area contributed by atoms with Crippen molar-refractivity contribution in [3.05, 3.63) is 121 Å². The number of aromatic nitrogens is 4. The Morgan fingerprint density at radius 2 is 1.71 bits per heavy atom. The number of nitriles is 1. The largest absolute Gasteiger partial charge is 0.438 e. The maximum atomic E-state index is 13.7. The highest BCUT2D eigenvalue weighted by molar-refractivity contribution is 6.10. The van der Waals surface area contributed by atoms with Crippen molar-refractivity contribution in [1.82, 2.24) is 18.7 Å². The van der Waals surface area contributed by atoms with E-state index in [1.165, 1.54) is 9.08 Å². The van der Waals surface area contributed by atoms with Gasteiger partial charge in [-0.3, -0.25) is 23.5 Å². The van der Waals surface area contributed by atoms with Crippen molar-refractivity contribution < 1.29 is 9.53 Å². The smallest absolute Gasteiger partial charge is 0.295 e. The van der Waals surface area contributed by atoms with E-state index >= 15 is 0 Å². The fraction of sp³-hybridized carbons (Fsp3) is 0.156. The van der Waals surface area contributed by atoms with Gasteiger partial charge in [-0.2, -0.15) is 10.2 Å². The predicted molar refractivity (Wildman–Crippen MR) is 160 cm³/mol. The number of nitrogens with zero attached hydrogens (tertiary/aromatic N) is 5. The Balaban J connectivity index is 1.61. The van der Waals surface area contributed by atoms with Crippen molar-refractivity contribution in [2.75, 3.05) is 5.32 Å². The van der Waals surface area contributed by atoms with Crippen LogP contribution in [0, 0.1) is 39.0 Å². The van der Waals surface area contributed by atoms with Crippen molar-refractivity contribution >= 4 is 23.3 Å². The molecule has 0 atom stereocenters. The minimum Gasteiger partial charge on any atom is -0.438 e. The summed E-state index contributed by atoms with van der Waals surface area (Å²) in [6.07, 6.45) is 2.70. The van der Waals surface area contributed by atoms with Gasteiger partial charge in [-0.1, -0.05) is 42.0 Å². The molecule has 210 valence electrons. The lowest BCUT2D eigenvalue weighted by Crippen LogP contribution is -2.24. The van der Waals surface area contributed by atoms with Crippen LogP contribution in [0.1, 0.15) is 27.9 Å². The molecular formula is C32H28N6O4. The summed E-state index contributed by atoms with van der Waals surface area (Å²) in [6, 6.07) is 19.9. The highest BCUT2D eigenvalue weighted by atomic mass is 16.5. The van der Waals surface area contributed by atoms with E-state index in [9.17, 15) is 19.6 Å². The number of carbonyl (C=O) groups is 1. The van der Waals surface area contributed by atoms with Crippen LogP contribution in [0.5, 0.6) is 11.6 Å². The number of aryl methyl sites for hydroxylation is 3. The van der Waals surface area contributed by atoms with E-state index in [0.717, 1.165) is 22.8 Å². The van der Waals surface area contributed by atoms with E-state index in [-0.39, 0.29) is 17.1 Å². The lowest BCUT2D eigenvalue weighted by Gasteiger charge is -2.13. The molecule has 0 aliphatic rings. The first-order valence-electron chi connectivity index (χ1n) is 13.1. The first kappa shape index (κ1) is 27.9. The zero-order valence-corrected chi connectivity index (χ0v) is 23.8. The van der Waals surface area contributed by atoms with Crippen LogP contribution in [0.3, 0.4) is 0 Å². The fourth-order valence-electron chi connectivity index (χ4n) is 4.70. The van der Waals surface area contributed by atoms with Crippen molar-refractivity contribution in [2.45, 2.75) is 27.7 Å². The predicted octanol–water partition coefficient (Wildman–Crippen LogP) is 4.76. The third kappa shape index (κ3) is 4.99. The number of rotatable bonds is 6. The molecule has 0 saturated heterocycles. The summed E-state index contributed by atoms with van der Waals surface area (Å²) in [5.41, 5.74) is 2.62. The van der Waals surface area contributed by atoms with Crippen LogP contribution < -0.4 is 21.2 Å². The Morgan fingerprint density at radius 3 is 2.40 bits per heavy atom. The summed E-state index contributed by atoms with van der Waals surface area (Å²) < 4.78 is 10.5. The van der Waals surface area contributed by atoms with Gasteiger partial charge in [0.1, 0.15) is 34.3 Å². The molecule has 0 spiro atoms. The zero-order valence-electron chi connectivity index (χ0n) is 23.8. The first-order chi connectivity index (χ1) is 20.1. The number of fused-ring (bicyclic) bond motifs is 1. The SMILES string of the molecule is Cc1ccc(Oc2nc3c(C)cccn3c(=O)c2C=C(C#N)C(=O)Nc2c(C)n(C)n(-c3ccccc3)c2=O)c(C)c1. The van der Waals surface area contributed by atoms with Gasteiger partial charge in [-0.05, 0) is 69.2 Å². The van der Waals surface area contributed by atoms with E-state index in [1.54, 1.807) is 61.2 Å². The van der Waals surface area contributed by atoms with E-state index < -0.39 is 22.6 Å². The van der Waals surface area contributed by atoms with E-state index in [1.807, 2.05) is 51.1 Å². The quantitative estimate of drug-likeness (QED) is 0.236. The lowest BCUT2D eigenvalue weighted by atomic mass is 10.1. The molecule has 5 rings (SSSR count). The maximum Gasteiger partial charge on any atom is 0.295 e. The third-order valence-electron chi connectivity index (χ3n) is 7.03. The molecule has 42 heavy (non-hydrogen) atoms. The highest BCUT2D eigenvalue weighted by Crippen LogP contribution is 2.28. The Hall–Kier alpha value is -5.69. The molecule has 1 N–H and O–H groups in total. The van der Waals surface area contributed by atoms with Gasteiger partial charge in [0, 0.05) is 13.2 Å². The first-order valence-corrected chi connectivity index (χ1v) is 13.1. The summed E-state index contributed by atoms with van der Waals surface area (Å²) in [5.74, 6) is -0.428. The summed E-state index contributed by atoms with van der Waals surface area (Å²) >= 11 is 0. The second-order valence-electron chi connectivity index (χ2n) is 9.95. The standard InChI is InChI=1S/C32H28N6O4/c1-19-13-14-26(21(3)16-19)42-30-25(31(40)37-15-9-10-20(2)28(37)35-30)17-23(18-33)29(39)34-27-22(4)36(5)38(32(27)41)24-11-7-6-8-12-24/h6-17H,1-5H3,(H,34,39).